The van der Waals surface area contributed by atoms with Crippen LogP contribution in [0.5, 0.6) is 0 Å². The molecule has 1 aromatic carbocycles. The Kier molecular flexibility index (Phi) is 4.27. The summed E-state index contributed by atoms with van der Waals surface area (Å²) < 4.78 is 5.53. The average Bonchev–Trinajstić information content (AvgIpc) is 2.99. The lowest BCUT2D eigenvalue weighted by molar-refractivity contribution is -0.121. The minimum absolute atomic E-state index is 0.148. The Morgan fingerprint density at radius 3 is 3.10 bits per heavy atom. The number of ether oxygens (including phenoxy) is 1. The molecule has 0 radical (unpaired) electrons. The Labute approximate surface area is 124 Å². The predicted molar refractivity (Wildman–Crippen MR) is 78.9 cm³/mol. The van der Waals surface area contributed by atoms with Gasteiger partial charge >= 0.3 is 0 Å². The summed E-state index contributed by atoms with van der Waals surface area (Å²) in [5.74, 6) is 0.579. The van der Waals surface area contributed by atoms with Gasteiger partial charge in [-0.2, -0.15) is 0 Å². The van der Waals surface area contributed by atoms with Gasteiger partial charge in [0.25, 0.3) is 0 Å². The van der Waals surface area contributed by atoms with Crippen molar-refractivity contribution in [3.63, 3.8) is 0 Å². The Hall–Kier alpha value is -1.06. The highest BCUT2D eigenvalue weighted by molar-refractivity contribution is 6.30. The molecule has 1 amide bonds. The summed E-state index contributed by atoms with van der Waals surface area (Å²) in [6, 6.07) is 8.19. The molecule has 1 aliphatic carbocycles. The summed E-state index contributed by atoms with van der Waals surface area (Å²) in [5.41, 5.74) is 1.22. The second kappa shape index (κ2) is 6.15. The third-order valence-corrected chi connectivity index (χ3v) is 4.37. The molecule has 108 valence electrons. The molecule has 3 atom stereocenters. The Morgan fingerprint density at radius 1 is 1.45 bits per heavy atom. The van der Waals surface area contributed by atoms with Crippen LogP contribution < -0.4 is 5.32 Å². The highest BCUT2D eigenvalue weighted by atomic mass is 35.5. The van der Waals surface area contributed by atoms with E-state index in [9.17, 15) is 4.79 Å². The minimum atomic E-state index is 0.148. The van der Waals surface area contributed by atoms with Crippen LogP contribution in [0.1, 0.15) is 43.6 Å². The van der Waals surface area contributed by atoms with Gasteiger partial charge in [-0.3, -0.25) is 4.79 Å². The zero-order valence-electron chi connectivity index (χ0n) is 11.5. The lowest BCUT2D eigenvalue weighted by Crippen LogP contribution is -2.27. The van der Waals surface area contributed by atoms with Gasteiger partial charge in [0, 0.05) is 30.0 Å². The SMILES string of the molecule is O=C(CC[C@@H]1CCCO1)N[C@@H]1C[C@H]1c1cccc(Cl)c1. The van der Waals surface area contributed by atoms with Gasteiger partial charge in [-0.25, -0.2) is 0 Å². The van der Waals surface area contributed by atoms with E-state index in [2.05, 4.69) is 11.4 Å². The van der Waals surface area contributed by atoms with Gasteiger partial charge in [-0.15, -0.1) is 0 Å². The first-order valence-corrected chi connectivity index (χ1v) is 7.76. The fourth-order valence-corrected chi connectivity index (χ4v) is 3.10. The number of nitrogens with one attached hydrogen (secondary N) is 1. The van der Waals surface area contributed by atoms with E-state index in [1.165, 1.54) is 5.56 Å². The van der Waals surface area contributed by atoms with Crippen molar-refractivity contribution in [1.29, 1.82) is 0 Å². The monoisotopic (exact) mass is 293 g/mol. The number of benzene rings is 1. The molecule has 2 aliphatic rings. The molecule has 1 aliphatic heterocycles. The maximum atomic E-state index is 11.9. The third kappa shape index (κ3) is 3.53. The molecule has 0 unspecified atom stereocenters. The zero-order valence-corrected chi connectivity index (χ0v) is 12.2. The van der Waals surface area contributed by atoms with Gasteiger partial charge < -0.3 is 10.1 Å². The van der Waals surface area contributed by atoms with E-state index in [1.807, 2.05) is 18.2 Å². The van der Waals surface area contributed by atoms with Crippen molar-refractivity contribution in [2.75, 3.05) is 6.61 Å². The van der Waals surface area contributed by atoms with Crippen LogP contribution >= 0.6 is 11.6 Å². The first kappa shape index (κ1) is 13.9. The Bertz CT molecular complexity index is 485. The molecular formula is C16H20ClNO2. The van der Waals surface area contributed by atoms with Crippen molar-refractivity contribution in [1.82, 2.24) is 5.32 Å². The molecule has 0 aromatic heterocycles. The fraction of sp³-hybridized carbons (Fsp3) is 0.562. The second-order valence-corrected chi connectivity index (χ2v) is 6.18. The van der Waals surface area contributed by atoms with E-state index < -0.39 is 0 Å². The van der Waals surface area contributed by atoms with Crippen LogP contribution in [0.2, 0.25) is 5.02 Å². The normalized spacial score (nSPS) is 28.4. The van der Waals surface area contributed by atoms with E-state index >= 15 is 0 Å². The first-order chi connectivity index (χ1) is 9.72. The first-order valence-electron chi connectivity index (χ1n) is 7.39. The molecule has 1 saturated carbocycles. The molecule has 4 heteroatoms. The van der Waals surface area contributed by atoms with E-state index in [0.29, 0.717) is 18.4 Å². The second-order valence-electron chi connectivity index (χ2n) is 5.74. The summed E-state index contributed by atoms with van der Waals surface area (Å²) in [4.78, 5) is 11.9. The smallest absolute Gasteiger partial charge is 0.220 e. The summed E-state index contributed by atoms with van der Waals surface area (Å²) >= 11 is 5.99. The topological polar surface area (TPSA) is 38.3 Å². The highest BCUT2D eigenvalue weighted by Gasteiger charge is 2.39. The van der Waals surface area contributed by atoms with E-state index in [0.717, 1.165) is 37.3 Å². The fourth-order valence-electron chi connectivity index (χ4n) is 2.90. The molecule has 3 rings (SSSR count). The lowest BCUT2D eigenvalue weighted by atomic mass is 10.1. The van der Waals surface area contributed by atoms with Gasteiger partial charge in [-0.1, -0.05) is 23.7 Å². The molecule has 20 heavy (non-hydrogen) atoms. The van der Waals surface area contributed by atoms with Crippen LogP contribution in [0.25, 0.3) is 0 Å². The van der Waals surface area contributed by atoms with Crippen molar-refractivity contribution in [2.45, 2.75) is 50.2 Å². The molecule has 0 bridgehead atoms. The maximum absolute atomic E-state index is 11.9. The number of rotatable bonds is 5. The van der Waals surface area contributed by atoms with Gasteiger partial charge in [0.05, 0.1) is 6.10 Å². The van der Waals surface area contributed by atoms with Gasteiger partial charge in [0.15, 0.2) is 0 Å². The van der Waals surface area contributed by atoms with Gasteiger partial charge in [0.2, 0.25) is 5.91 Å². The molecule has 1 aromatic rings. The van der Waals surface area contributed by atoms with Gasteiger partial charge in [-0.05, 0) is 43.4 Å². The lowest BCUT2D eigenvalue weighted by Gasteiger charge is -2.09. The van der Waals surface area contributed by atoms with Crippen LogP contribution in [0.15, 0.2) is 24.3 Å². The van der Waals surface area contributed by atoms with Crippen molar-refractivity contribution in [2.24, 2.45) is 0 Å². The molecule has 1 N–H and O–H groups in total. The average molecular weight is 294 g/mol. The van der Waals surface area contributed by atoms with Crippen molar-refractivity contribution in [3.05, 3.63) is 34.9 Å². The zero-order chi connectivity index (χ0) is 13.9. The third-order valence-electron chi connectivity index (χ3n) is 4.13. The molecule has 0 spiro atoms. The summed E-state index contributed by atoms with van der Waals surface area (Å²) in [6.07, 6.45) is 4.97. The minimum Gasteiger partial charge on any atom is -0.378 e. The molecule has 1 saturated heterocycles. The largest absolute Gasteiger partial charge is 0.378 e. The molecule has 2 fully saturated rings. The van der Waals surface area contributed by atoms with E-state index in [4.69, 9.17) is 16.3 Å². The number of hydrogen-bond donors (Lipinski definition) is 1. The number of halogens is 1. The van der Waals surface area contributed by atoms with Crippen LogP contribution in [-0.2, 0) is 9.53 Å². The maximum Gasteiger partial charge on any atom is 0.220 e. The van der Waals surface area contributed by atoms with Crippen LogP contribution in [0.3, 0.4) is 0 Å². The Morgan fingerprint density at radius 2 is 2.35 bits per heavy atom. The van der Waals surface area contributed by atoms with Crippen LogP contribution in [-0.4, -0.2) is 24.7 Å². The Balaban J connectivity index is 1.42. The summed E-state index contributed by atoms with van der Waals surface area (Å²) in [7, 11) is 0. The number of carbonyl (C=O) groups excluding carboxylic acids is 1. The summed E-state index contributed by atoms with van der Waals surface area (Å²) in [5, 5.41) is 3.87. The van der Waals surface area contributed by atoms with Crippen molar-refractivity contribution in [3.8, 4) is 0 Å². The van der Waals surface area contributed by atoms with Crippen molar-refractivity contribution >= 4 is 17.5 Å². The standard InChI is InChI=1S/C16H20ClNO2/c17-12-4-1-3-11(9-12)14-10-15(14)18-16(19)7-6-13-5-2-8-20-13/h1,3-4,9,13-15H,2,5-8,10H2,(H,18,19)/t13-,14-,15+/m0/s1. The highest BCUT2D eigenvalue weighted by Crippen LogP contribution is 2.41. The van der Waals surface area contributed by atoms with Gasteiger partial charge in [0.1, 0.15) is 0 Å². The van der Waals surface area contributed by atoms with Crippen molar-refractivity contribution < 1.29 is 9.53 Å². The molecule has 3 nitrogen and oxygen atoms in total. The summed E-state index contributed by atoms with van der Waals surface area (Å²) in [6.45, 7) is 0.853. The van der Waals surface area contributed by atoms with E-state index in [1.54, 1.807) is 0 Å². The molecule has 1 heterocycles. The quantitative estimate of drug-likeness (QED) is 0.905. The van der Waals surface area contributed by atoms with E-state index in [-0.39, 0.29) is 11.9 Å². The number of hydrogen-bond acceptors (Lipinski definition) is 2. The number of amides is 1. The predicted octanol–water partition coefficient (Wildman–Crippen LogP) is 3.27. The van der Waals surface area contributed by atoms with Crippen LogP contribution in [0, 0.1) is 0 Å². The number of carbonyl (C=O) groups is 1. The van der Waals surface area contributed by atoms with Crippen LogP contribution in [0.4, 0.5) is 0 Å². The molecular weight excluding hydrogens is 274 g/mol.